The van der Waals surface area contributed by atoms with Crippen LogP contribution in [0.5, 0.6) is 0 Å². The molecular weight excluding hydrogens is 452 g/mol. The highest BCUT2D eigenvalue weighted by atomic mass is 16.2. The topological polar surface area (TPSA) is 94.7 Å². The lowest BCUT2D eigenvalue weighted by atomic mass is 10.0. The minimum Gasteiger partial charge on any atom is -0.321 e. The number of pyridine rings is 1. The number of aromatic nitrogens is 5. The zero-order valence-electron chi connectivity index (χ0n) is 19.9. The number of anilines is 1. The molecule has 3 heterocycles. The van der Waals surface area contributed by atoms with Gasteiger partial charge in [-0.15, -0.1) is 0 Å². The van der Waals surface area contributed by atoms with Crippen LogP contribution in [0.15, 0.2) is 79.1 Å². The Bertz CT molecular complexity index is 1600. The fraction of sp³-hybridized carbons (Fsp3) is 0.107. The van der Waals surface area contributed by atoms with E-state index in [4.69, 9.17) is 0 Å². The van der Waals surface area contributed by atoms with Gasteiger partial charge in [0.2, 0.25) is 0 Å². The van der Waals surface area contributed by atoms with Gasteiger partial charge in [0.1, 0.15) is 5.69 Å². The second kappa shape index (κ2) is 9.79. The molecule has 3 aromatic heterocycles. The molecule has 5 rings (SSSR count). The zero-order chi connectivity index (χ0) is 25.1. The quantitative estimate of drug-likeness (QED) is 0.339. The maximum atomic E-state index is 13.3. The average molecular weight is 477 g/mol. The van der Waals surface area contributed by atoms with Crippen molar-refractivity contribution in [3.05, 3.63) is 107 Å². The Balaban J connectivity index is 1.38. The SMILES string of the molecule is CCc1cc(C(=O)Nc2cccc(C(=O)c3ccc4cnn(C=Cc5ccccn5)c4c3)c2)n(C)n1. The monoisotopic (exact) mass is 476 g/mol. The molecule has 8 nitrogen and oxygen atoms in total. The molecule has 2 aromatic carbocycles. The summed E-state index contributed by atoms with van der Waals surface area (Å²) in [5.74, 6) is -0.428. The van der Waals surface area contributed by atoms with Crippen LogP contribution in [0, 0.1) is 0 Å². The summed E-state index contributed by atoms with van der Waals surface area (Å²) in [6.45, 7) is 1.99. The van der Waals surface area contributed by atoms with Crippen LogP contribution in [0.2, 0.25) is 0 Å². The number of amides is 1. The van der Waals surface area contributed by atoms with Crippen LogP contribution >= 0.6 is 0 Å². The molecule has 0 unspecified atom stereocenters. The molecule has 0 aliphatic carbocycles. The molecule has 0 radical (unpaired) electrons. The van der Waals surface area contributed by atoms with E-state index >= 15 is 0 Å². The Hall–Kier alpha value is -4.85. The van der Waals surface area contributed by atoms with E-state index in [1.165, 1.54) is 0 Å². The highest BCUT2D eigenvalue weighted by Gasteiger charge is 2.15. The molecular formula is C28H24N6O2. The molecule has 8 heteroatoms. The summed E-state index contributed by atoms with van der Waals surface area (Å²) in [5.41, 5.74) is 4.45. The number of nitrogens with zero attached hydrogens (tertiary/aromatic N) is 5. The number of hydrogen-bond donors (Lipinski definition) is 1. The van der Waals surface area contributed by atoms with Gasteiger partial charge in [0.15, 0.2) is 5.78 Å². The number of rotatable bonds is 7. The Morgan fingerprint density at radius 2 is 1.86 bits per heavy atom. The van der Waals surface area contributed by atoms with Crippen LogP contribution in [-0.2, 0) is 13.5 Å². The average Bonchev–Trinajstić information content (AvgIpc) is 3.50. The van der Waals surface area contributed by atoms with Gasteiger partial charge in [-0.2, -0.15) is 10.2 Å². The van der Waals surface area contributed by atoms with Crippen LogP contribution in [0.1, 0.15) is 44.7 Å². The lowest BCUT2D eigenvalue weighted by molar-refractivity contribution is 0.101. The van der Waals surface area contributed by atoms with E-state index in [0.29, 0.717) is 22.5 Å². The number of hydrogen-bond acceptors (Lipinski definition) is 5. The van der Waals surface area contributed by atoms with Crippen LogP contribution in [-0.4, -0.2) is 36.2 Å². The smallest absolute Gasteiger partial charge is 0.273 e. The van der Waals surface area contributed by atoms with Gasteiger partial charge in [-0.05, 0) is 48.9 Å². The molecule has 36 heavy (non-hydrogen) atoms. The van der Waals surface area contributed by atoms with Crippen molar-refractivity contribution in [2.75, 3.05) is 5.32 Å². The Kier molecular flexibility index (Phi) is 6.23. The van der Waals surface area contributed by atoms with Crippen molar-refractivity contribution < 1.29 is 9.59 Å². The fourth-order valence-electron chi connectivity index (χ4n) is 3.93. The third-order valence-electron chi connectivity index (χ3n) is 5.84. The largest absolute Gasteiger partial charge is 0.321 e. The van der Waals surface area contributed by atoms with Crippen molar-refractivity contribution >= 4 is 40.6 Å². The van der Waals surface area contributed by atoms with Gasteiger partial charge in [-0.1, -0.05) is 37.3 Å². The Labute approximate surface area is 207 Å². The van der Waals surface area contributed by atoms with Crippen molar-refractivity contribution in [1.82, 2.24) is 24.5 Å². The molecule has 1 N–H and O–H groups in total. The van der Waals surface area contributed by atoms with Crippen LogP contribution < -0.4 is 5.32 Å². The molecule has 0 saturated carbocycles. The van der Waals surface area contributed by atoms with Gasteiger partial charge in [0.05, 0.1) is 23.1 Å². The second-order valence-corrected chi connectivity index (χ2v) is 8.30. The predicted molar refractivity (Wildman–Crippen MR) is 140 cm³/mol. The third kappa shape index (κ3) is 4.69. The van der Waals surface area contributed by atoms with E-state index in [1.54, 1.807) is 65.2 Å². The number of ketones is 1. The molecule has 1 amide bonds. The predicted octanol–water partition coefficient (Wildman–Crippen LogP) is 4.84. The zero-order valence-corrected chi connectivity index (χ0v) is 19.9. The van der Waals surface area contributed by atoms with Crippen molar-refractivity contribution in [2.24, 2.45) is 7.05 Å². The van der Waals surface area contributed by atoms with Gasteiger partial charge in [-0.25, -0.2) is 4.68 Å². The molecule has 0 spiro atoms. The number of nitrogens with one attached hydrogen (secondary N) is 1. The first-order valence-corrected chi connectivity index (χ1v) is 11.6. The van der Waals surface area contributed by atoms with Gasteiger partial charge < -0.3 is 5.32 Å². The van der Waals surface area contributed by atoms with Gasteiger partial charge >= 0.3 is 0 Å². The fourth-order valence-corrected chi connectivity index (χ4v) is 3.93. The lowest BCUT2D eigenvalue weighted by Gasteiger charge is -2.08. The van der Waals surface area contributed by atoms with Gasteiger partial charge in [0.25, 0.3) is 5.91 Å². The highest BCUT2D eigenvalue weighted by molar-refractivity contribution is 6.11. The van der Waals surface area contributed by atoms with Crippen molar-refractivity contribution in [3.8, 4) is 0 Å². The van der Waals surface area contributed by atoms with Crippen LogP contribution in [0.4, 0.5) is 5.69 Å². The molecule has 5 aromatic rings. The second-order valence-electron chi connectivity index (χ2n) is 8.30. The summed E-state index contributed by atoms with van der Waals surface area (Å²) in [5, 5.41) is 12.5. The number of carbonyl (C=O) groups excluding carboxylic acids is 2. The Morgan fingerprint density at radius 1 is 1.00 bits per heavy atom. The maximum Gasteiger partial charge on any atom is 0.273 e. The minimum absolute atomic E-state index is 0.150. The van der Waals surface area contributed by atoms with Crippen LogP contribution in [0.25, 0.3) is 23.2 Å². The summed E-state index contributed by atoms with van der Waals surface area (Å²) < 4.78 is 3.28. The third-order valence-corrected chi connectivity index (χ3v) is 5.84. The van der Waals surface area contributed by atoms with Crippen LogP contribution in [0.3, 0.4) is 0 Å². The van der Waals surface area contributed by atoms with E-state index in [-0.39, 0.29) is 11.7 Å². The highest BCUT2D eigenvalue weighted by Crippen LogP contribution is 2.21. The normalized spacial score (nSPS) is 11.3. The molecule has 0 saturated heterocycles. The van der Waals surface area contributed by atoms with E-state index in [0.717, 1.165) is 28.7 Å². The first-order chi connectivity index (χ1) is 17.5. The van der Waals surface area contributed by atoms with Gasteiger partial charge in [0, 0.05) is 41.6 Å². The summed E-state index contributed by atoms with van der Waals surface area (Å²) >= 11 is 0. The molecule has 0 fully saturated rings. The number of aryl methyl sites for hydroxylation is 2. The first-order valence-electron chi connectivity index (χ1n) is 11.6. The van der Waals surface area contributed by atoms with E-state index in [1.807, 2.05) is 49.5 Å². The van der Waals surface area contributed by atoms with E-state index in [2.05, 4.69) is 20.5 Å². The summed E-state index contributed by atoms with van der Waals surface area (Å²) in [4.78, 5) is 30.4. The molecule has 0 bridgehead atoms. The standard InChI is InChI=1S/C28H24N6O2/c1-3-22-17-26(33(2)32-22)28(36)31-24-9-6-7-19(15-24)27(35)20-10-11-21-18-30-34(25(21)16-20)14-12-23-8-4-5-13-29-23/h4-18H,3H2,1-2H3,(H,31,36). The molecule has 0 aliphatic heterocycles. The molecule has 0 atom stereocenters. The minimum atomic E-state index is -0.278. The van der Waals surface area contributed by atoms with Crippen molar-refractivity contribution in [2.45, 2.75) is 13.3 Å². The summed E-state index contributed by atoms with van der Waals surface area (Å²) in [6.07, 6.45) is 7.90. The molecule has 178 valence electrons. The summed E-state index contributed by atoms with van der Waals surface area (Å²) in [7, 11) is 1.74. The first kappa shape index (κ1) is 22.9. The Morgan fingerprint density at radius 3 is 2.64 bits per heavy atom. The maximum absolute atomic E-state index is 13.3. The van der Waals surface area contributed by atoms with Gasteiger partial charge in [-0.3, -0.25) is 19.3 Å². The number of benzene rings is 2. The van der Waals surface area contributed by atoms with Crippen molar-refractivity contribution in [1.29, 1.82) is 0 Å². The molecule has 0 aliphatic rings. The van der Waals surface area contributed by atoms with Crippen molar-refractivity contribution in [3.63, 3.8) is 0 Å². The lowest BCUT2D eigenvalue weighted by Crippen LogP contribution is -2.16. The summed E-state index contributed by atoms with van der Waals surface area (Å²) in [6, 6.07) is 19.9. The van der Waals surface area contributed by atoms with E-state index in [9.17, 15) is 9.59 Å². The number of carbonyl (C=O) groups is 2. The number of fused-ring (bicyclic) bond motifs is 1. The van der Waals surface area contributed by atoms with E-state index < -0.39 is 0 Å².